The summed E-state index contributed by atoms with van der Waals surface area (Å²) in [7, 11) is 0. The molecular weight excluding hydrogens is 302 g/mol. The molecule has 0 aliphatic heterocycles. The van der Waals surface area contributed by atoms with Crippen LogP contribution >= 0.6 is 11.3 Å². The molecule has 2 heterocycles. The summed E-state index contributed by atoms with van der Waals surface area (Å²) < 4.78 is 0. The molecule has 0 spiro atoms. The first kappa shape index (κ1) is 14.6. The highest BCUT2D eigenvalue weighted by Crippen LogP contribution is 2.40. The summed E-state index contributed by atoms with van der Waals surface area (Å²) in [5.74, 6) is 1.49. The zero-order valence-electron chi connectivity index (χ0n) is 13.6. The average molecular weight is 323 g/mol. The molecule has 1 atom stereocenters. The van der Waals surface area contributed by atoms with E-state index in [0.29, 0.717) is 5.92 Å². The van der Waals surface area contributed by atoms with Gasteiger partial charge in [0.1, 0.15) is 17.0 Å². The van der Waals surface area contributed by atoms with Crippen LogP contribution in [0.4, 0.5) is 11.5 Å². The zero-order valence-corrected chi connectivity index (χ0v) is 14.4. The number of nitrogens with zero attached hydrogens (tertiary/aromatic N) is 2. The SMILES string of the molecule is CCC(C)c1ccccc1Nc1ncnc2sc3c(c12)CCC3. The van der Waals surface area contributed by atoms with Crippen molar-refractivity contribution in [2.75, 3.05) is 5.32 Å². The Morgan fingerprint density at radius 3 is 2.96 bits per heavy atom. The highest BCUT2D eigenvalue weighted by molar-refractivity contribution is 7.19. The summed E-state index contributed by atoms with van der Waals surface area (Å²) in [6.07, 6.45) is 6.42. The van der Waals surface area contributed by atoms with Gasteiger partial charge in [-0.2, -0.15) is 0 Å². The molecule has 118 valence electrons. The maximum atomic E-state index is 4.56. The summed E-state index contributed by atoms with van der Waals surface area (Å²) >= 11 is 1.84. The summed E-state index contributed by atoms with van der Waals surface area (Å²) in [6, 6.07) is 8.57. The number of aryl methyl sites for hydroxylation is 2. The lowest BCUT2D eigenvalue weighted by atomic mass is 9.97. The van der Waals surface area contributed by atoms with Gasteiger partial charge in [-0.05, 0) is 48.8 Å². The number of rotatable bonds is 4. The molecule has 3 nitrogen and oxygen atoms in total. The quantitative estimate of drug-likeness (QED) is 0.695. The van der Waals surface area contributed by atoms with E-state index < -0.39 is 0 Å². The second kappa shape index (κ2) is 5.93. The van der Waals surface area contributed by atoms with Crippen molar-refractivity contribution in [2.24, 2.45) is 0 Å². The van der Waals surface area contributed by atoms with Crippen LogP contribution in [-0.2, 0) is 12.8 Å². The second-order valence-corrected chi connectivity index (χ2v) is 7.36. The van der Waals surface area contributed by atoms with Crippen molar-refractivity contribution in [2.45, 2.75) is 45.4 Å². The lowest BCUT2D eigenvalue weighted by Crippen LogP contribution is -2.01. The number of benzene rings is 1. The molecular formula is C19H21N3S. The van der Waals surface area contributed by atoms with E-state index in [1.54, 1.807) is 6.33 Å². The van der Waals surface area contributed by atoms with Gasteiger partial charge in [0.15, 0.2) is 0 Å². The van der Waals surface area contributed by atoms with E-state index in [9.17, 15) is 0 Å². The minimum Gasteiger partial charge on any atom is -0.339 e. The predicted octanol–water partition coefficient (Wildman–Crippen LogP) is 5.44. The summed E-state index contributed by atoms with van der Waals surface area (Å²) in [4.78, 5) is 11.7. The van der Waals surface area contributed by atoms with Crippen LogP contribution in [0.3, 0.4) is 0 Å². The normalized spacial score (nSPS) is 14.9. The molecule has 3 aromatic rings. The number of fused-ring (bicyclic) bond motifs is 3. The van der Waals surface area contributed by atoms with E-state index in [0.717, 1.165) is 23.5 Å². The molecule has 1 unspecified atom stereocenters. The Kier molecular flexibility index (Phi) is 3.77. The summed E-state index contributed by atoms with van der Waals surface area (Å²) in [6.45, 7) is 4.51. The zero-order chi connectivity index (χ0) is 15.8. The van der Waals surface area contributed by atoms with E-state index in [1.807, 2.05) is 11.3 Å². The number of aromatic nitrogens is 2. The Morgan fingerprint density at radius 2 is 2.09 bits per heavy atom. The number of thiophene rings is 1. The van der Waals surface area contributed by atoms with Crippen molar-refractivity contribution in [3.63, 3.8) is 0 Å². The molecule has 23 heavy (non-hydrogen) atoms. The van der Waals surface area contributed by atoms with E-state index in [4.69, 9.17) is 0 Å². The molecule has 1 N–H and O–H groups in total. The second-order valence-electron chi connectivity index (χ2n) is 6.28. The number of anilines is 2. The van der Waals surface area contributed by atoms with Crippen LogP contribution in [0, 0.1) is 0 Å². The van der Waals surface area contributed by atoms with Crippen LogP contribution in [0.5, 0.6) is 0 Å². The van der Waals surface area contributed by atoms with Crippen molar-refractivity contribution in [3.8, 4) is 0 Å². The molecule has 0 saturated carbocycles. The lowest BCUT2D eigenvalue weighted by molar-refractivity contribution is 0.735. The van der Waals surface area contributed by atoms with Crippen LogP contribution in [-0.4, -0.2) is 9.97 Å². The molecule has 0 saturated heterocycles. The molecule has 0 radical (unpaired) electrons. The molecule has 1 aliphatic rings. The molecule has 1 aliphatic carbocycles. The van der Waals surface area contributed by atoms with Crippen LogP contribution in [0.2, 0.25) is 0 Å². The fourth-order valence-corrected chi connectivity index (χ4v) is 4.64. The Hall–Kier alpha value is -1.94. The van der Waals surface area contributed by atoms with Gasteiger partial charge in [-0.1, -0.05) is 32.0 Å². The van der Waals surface area contributed by atoms with Gasteiger partial charge >= 0.3 is 0 Å². The van der Waals surface area contributed by atoms with Crippen LogP contribution in [0.1, 0.15) is 48.6 Å². The smallest absolute Gasteiger partial charge is 0.142 e. The van der Waals surface area contributed by atoms with Crippen molar-refractivity contribution in [1.82, 2.24) is 9.97 Å². The molecule has 2 aromatic heterocycles. The summed E-state index contributed by atoms with van der Waals surface area (Å²) in [5, 5.41) is 4.84. The molecule has 4 heteroatoms. The van der Waals surface area contributed by atoms with Crippen molar-refractivity contribution in [1.29, 1.82) is 0 Å². The molecule has 0 amide bonds. The first-order valence-electron chi connectivity index (χ1n) is 8.39. The van der Waals surface area contributed by atoms with Gasteiger partial charge in [0.05, 0.1) is 5.39 Å². The number of nitrogens with one attached hydrogen (secondary N) is 1. The number of hydrogen-bond donors (Lipinski definition) is 1. The van der Waals surface area contributed by atoms with Gasteiger partial charge in [-0.25, -0.2) is 9.97 Å². The average Bonchev–Trinajstić information content (AvgIpc) is 3.15. The largest absolute Gasteiger partial charge is 0.339 e. The van der Waals surface area contributed by atoms with Crippen molar-refractivity contribution in [3.05, 3.63) is 46.6 Å². The van der Waals surface area contributed by atoms with Gasteiger partial charge < -0.3 is 5.32 Å². The van der Waals surface area contributed by atoms with Gasteiger partial charge in [0.2, 0.25) is 0 Å². The van der Waals surface area contributed by atoms with Crippen LogP contribution in [0.25, 0.3) is 10.2 Å². The highest BCUT2D eigenvalue weighted by atomic mass is 32.1. The molecule has 4 rings (SSSR count). The fraction of sp³-hybridized carbons (Fsp3) is 0.368. The lowest BCUT2D eigenvalue weighted by Gasteiger charge is -2.16. The molecule has 0 fully saturated rings. The monoisotopic (exact) mass is 323 g/mol. The van der Waals surface area contributed by atoms with Gasteiger partial charge in [-0.3, -0.25) is 0 Å². The van der Waals surface area contributed by atoms with Crippen LogP contribution in [0.15, 0.2) is 30.6 Å². The van der Waals surface area contributed by atoms with Crippen LogP contribution < -0.4 is 5.32 Å². The fourth-order valence-electron chi connectivity index (χ4n) is 3.41. The first-order chi connectivity index (χ1) is 11.3. The van der Waals surface area contributed by atoms with Crippen molar-refractivity contribution < 1.29 is 0 Å². The predicted molar refractivity (Wildman–Crippen MR) is 97.9 cm³/mol. The minimum absolute atomic E-state index is 0.532. The van der Waals surface area contributed by atoms with E-state index >= 15 is 0 Å². The van der Waals surface area contributed by atoms with Gasteiger partial charge in [0.25, 0.3) is 0 Å². The van der Waals surface area contributed by atoms with Crippen molar-refractivity contribution >= 4 is 33.1 Å². The highest BCUT2D eigenvalue weighted by Gasteiger charge is 2.21. The number of hydrogen-bond acceptors (Lipinski definition) is 4. The van der Waals surface area contributed by atoms with E-state index in [1.165, 1.54) is 39.9 Å². The standard InChI is InChI=1S/C19H21N3S/c1-3-12(2)13-7-4-5-9-15(13)22-18-17-14-8-6-10-16(14)23-19(17)21-11-20-18/h4-5,7,9,11-12H,3,6,8,10H2,1-2H3,(H,20,21,22). The number of para-hydroxylation sites is 1. The Bertz CT molecular complexity index is 853. The maximum Gasteiger partial charge on any atom is 0.142 e. The first-order valence-corrected chi connectivity index (χ1v) is 9.20. The Labute approximate surface area is 140 Å². The maximum absolute atomic E-state index is 4.56. The Balaban J connectivity index is 1.80. The van der Waals surface area contributed by atoms with Gasteiger partial charge in [-0.15, -0.1) is 11.3 Å². The van der Waals surface area contributed by atoms with Gasteiger partial charge in [0, 0.05) is 10.6 Å². The summed E-state index contributed by atoms with van der Waals surface area (Å²) in [5.41, 5.74) is 3.99. The van der Waals surface area contributed by atoms with E-state index in [-0.39, 0.29) is 0 Å². The third-order valence-electron chi connectivity index (χ3n) is 4.86. The van der Waals surface area contributed by atoms with E-state index in [2.05, 4.69) is 53.4 Å². The molecule has 0 bridgehead atoms. The Morgan fingerprint density at radius 1 is 1.22 bits per heavy atom. The third kappa shape index (κ3) is 2.51. The third-order valence-corrected chi connectivity index (χ3v) is 6.06. The molecule has 1 aromatic carbocycles. The topological polar surface area (TPSA) is 37.8 Å². The minimum atomic E-state index is 0.532.